The number of rotatable bonds is 4. The van der Waals surface area contributed by atoms with Crippen molar-refractivity contribution in [2.45, 2.75) is 32.3 Å². The number of carbonyl (C=O) groups excluding carboxylic acids is 1. The highest BCUT2D eigenvalue weighted by Gasteiger charge is 2.26. The van der Waals surface area contributed by atoms with Crippen LogP contribution in [0.15, 0.2) is 48.7 Å². The summed E-state index contributed by atoms with van der Waals surface area (Å²) in [6, 6.07) is 11.6. The van der Waals surface area contributed by atoms with Crippen LogP contribution in [-0.2, 0) is 24.2 Å². The predicted octanol–water partition coefficient (Wildman–Crippen LogP) is 3.64. The van der Waals surface area contributed by atoms with Crippen LogP contribution in [0.4, 0.5) is 4.39 Å². The Morgan fingerprint density at radius 2 is 1.92 bits per heavy atom. The van der Waals surface area contributed by atoms with Crippen molar-refractivity contribution in [3.8, 4) is 5.69 Å². The standard InChI is InChI=1S/C20H18FN3O2/c21-14-8-10-16(11-9-14)24-18-7-2-1-6-17(18)19(23-24)20(25)26-13-15-5-3-4-12-22-15/h3-5,8-12H,1-2,6-7,13H2. The Hall–Kier alpha value is -3.02. The number of hydrogen-bond donors (Lipinski definition) is 0. The summed E-state index contributed by atoms with van der Waals surface area (Å²) >= 11 is 0. The lowest BCUT2D eigenvalue weighted by molar-refractivity contribution is 0.0459. The van der Waals surface area contributed by atoms with Crippen molar-refractivity contribution in [2.24, 2.45) is 0 Å². The van der Waals surface area contributed by atoms with E-state index in [9.17, 15) is 9.18 Å². The predicted molar refractivity (Wildman–Crippen MR) is 93.5 cm³/mol. The van der Waals surface area contributed by atoms with Crippen LogP contribution in [0.5, 0.6) is 0 Å². The van der Waals surface area contributed by atoms with Crippen LogP contribution >= 0.6 is 0 Å². The highest BCUT2D eigenvalue weighted by atomic mass is 19.1. The maximum absolute atomic E-state index is 13.2. The van der Waals surface area contributed by atoms with Crippen LogP contribution in [0.25, 0.3) is 5.69 Å². The van der Waals surface area contributed by atoms with Crippen molar-refractivity contribution < 1.29 is 13.9 Å². The SMILES string of the molecule is O=C(OCc1ccccn1)c1nn(-c2ccc(F)cc2)c2c1CCCC2. The Bertz CT molecular complexity index is 920. The lowest BCUT2D eigenvalue weighted by atomic mass is 9.95. The lowest BCUT2D eigenvalue weighted by Crippen LogP contribution is -2.11. The molecule has 2 aromatic heterocycles. The van der Waals surface area contributed by atoms with Gasteiger partial charge in [0.1, 0.15) is 12.4 Å². The first-order chi connectivity index (χ1) is 12.7. The van der Waals surface area contributed by atoms with Gasteiger partial charge in [-0.15, -0.1) is 0 Å². The summed E-state index contributed by atoms with van der Waals surface area (Å²) in [6.07, 6.45) is 5.36. The molecule has 2 heterocycles. The number of ether oxygens (including phenoxy) is 1. The monoisotopic (exact) mass is 351 g/mol. The average Bonchev–Trinajstić information content (AvgIpc) is 3.07. The van der Waals surface area contributed by atoms with E-state index in [1.807, 2.05) is 12.1 Å². The van der Waals surface area contributed by atoms with Crippen LogP contribution in [0.2, 0.25) is 0 Å². The van der Waals surface area contributed by atoms with E-state index in [2.05, 4.69) is 10.1 Å². The molecule has 0 aliphatic heterocycles. The molecule has 0 unspecified atom stereocenters. The Kier molecular flexibility index (Phi) is 4.48. The number of aromatic nitrogens is 3. The van der Waals surface area contributed by atoms with Crippen molar-refractivity contribution in [3.05, 3.63) is 77.1 Å². The second-order valence-electron chi connectivity index (χ2n) is 6.27. The molecule has 0 amide bonds. The Balaban J connectivity index is 1.63. The minimum atomic E-state index is -0.449. The van der Waals surface area contributed by atoms with Crippen molar-refractivity contribution in [3.63, 3.8) is 0 Å². The lowest BCUT2D eigenvalue weighted by Gasteiger charge is -2.14. The van der Waals surface area contributed by atoms with Crippen molar-refractivity contribution in [1.29, 1.82) is 0 Å². The molecule has 1 aromatic carbocycles. The van der Waals surface area contributed by atoms with E-state index in [1.54, 1.807) is 29.1 Å². The van der Waals surface area contributed by atoms with Crippen LogP contribution < -0.4 is 0 Å². The fraction of sp³-hybridized carbons (Fsp3) is 0.250. The smallest absolute Gasteiger partial charge is 0.359 e. The minimum Gasteiger partial charge on any atom is -0.454 e. The molecule has 0 bridgehead atoms. The van der Waals surface area contributed by atoms with Crippen LogP contribution in [-0.4, -0.2) is 20.7 Å². The molecule has 0 N–H and O–H groups in total. The van der Waals surface area contributed by atoms with Gasteiger partial charge in [0.15, 0.2) is 5.69 Å². The van der Waals surface area contributed by atoms with Gasteiger partial charge in [0.25, 0.3) is 0 Å². The zero-order valence-electron chi connectivity index (χ0n) is 14.2. The van der Waals surface area contributed by atoms with Crippen molar-refractivity contribution in [2.75, 3.05) is 0 Å². The van der Waals surface area contributed by atoms with Crippen molar-refractivity contribution >= 4 is 5.97 Å². The Morgan fingerprint density at radius 3 is 2.69 bits per heavy atom. The molecular weight excluding hydrogens is 333 g/mol. The summed E-state index contributed by atoms with van der Waals surface area (Å²) in [7, 11) is 0. The summed E-state index contributed by atoms with van der Waals surface area (Å²) in [4.78, 5) is 16.8. The molecule has 6 heteroatoms. The molecule has 4 rings (SSSR count). The molecule has 1 aliphatic rings. The van der Waals surface area contributed by atoms with Crippen LogP contribution in [0.1, 0.15) is 40.3 Å². The number of pyridine rings is 1. The molecule has 0 spiro atoms. The molecule has 5 nitrogen and oxygen atoms in total. The highest BCUT2D eigenvalue weighted by Crippen LogP contribution is 2.27. The zero-order chi connectivity index (χ0) is 17.9. The molecule has 3 aromatic rings. The van der Waals surface area contributed by atoms with Gasteiger partial charge in [-0.1, -0.05) is 6.07 Å². The summed E-state index contributed by atoms with van der Waals surface area (Å²) in [6.45, 7) is 0.109. The van der Waals surface area contributed by atoms with Crippen LogP contribution in [0, 0.1) is 5.82 Å². The topological polar surface area (TPSA) is 57.0 Å². The van der Waals surface area contributed by atoms with Gasteiger partial charge < -0.3 is 4.74 Å². The second-order valence-corrected chi connectivity index (χ2v) is 6.27. The summed E-state index contributed by atoms with van der Waals surface area (Å²) in [5.74, 6) is -0.751. The summed E-state index contributed by atoms with van der Waals surface area (Å²) < 4.78 is 20.4. The number of halogens is 1. The van der Waals surface area contributed by atoms with E-state index in [0.29, 0.717) is 11.4 Å². The van der Waals surface area contributed by atoms with Crippen molar-refractivity contribution in [1.82, 2.24) is 14.8 Å². The molecule has 1 aliphatic carbocycles. The molecule has 0 saturated carbocycles. The largest absolute Gasteiger partial charge is 0.454 e. The normalized spacial score (nSPS) is 13.3. The van der Waals surface area contributed by atoms with E-state index < -0.39 is 5.97 Å². The molecule has 0 atom stereocenters. The fourth-order valence-corrected chi connectivity index (χ4v) is 3.25. The first-order valence-electron chi connectivity index (χ1n) is 8.66. The first kappa shape index (κ1) is 16.4. The van der Waals surface area contributed by atoms with Gasteiger partial charge in [-0.25, -0.2) is 13.9 Å². The zero-order valence-corrected chi connectivity index (χ0v) is 14.2. The van der Waals surface area contributed by atoms with Gasteiger partial charge in [0.2, 0.25) is 0 Å². The quantitative estimate of drug-likeness (QED) is 0.674. The second kappa shape index (κ2) is 7.07. The molecule has 132 valence electrons. The van der Waals surface area contributed by atoms with E-state index in [0.717, 1.165) is 42.6 Å². The maximum atomic E-state index is 13.2. The number of esters is 1. The van der Waals surface area contributed by atoms with Gasteiger partial charge in [0.05, 0.1) is 11.4 Å². The number of nitrogens with zero attached hydrogens (tertiary/aromatic N) is 3. The number of hydrogen-bond acceptors (Lipinski definition) is 4. The van der Waals surface area contributed by atoms with Gasteiger partial charge in [0, 0.05) is 17.5 Å². The third kappa shape index (κ3) is 3.22. The maximum Gasteiger partial charge on any atom is 0.359 e. The van der Waals surface area contributed by atoms with E-state index in [4.69, 9.17) is 4.74 Å². The number of benzene rings is 1. The average molecular weight is 351 g/mol. The summed E-state index contributed by atoms with van der Waals surface area (Å²) in [5.41, 5.74) is 3.72. The fourth-order valence-electron chi connectivity index (χ4n) is 3.25. The molecule has 0 saturated heterocycles. The van der Waals surface area contributed by atoms with Gasteiger partial charge in [-0.05, 0) is 62.1 Å². The first-order valence-corrected chi connectivity index (χ1v) is 8.66. The minimum absolute atomic E-state index is 0.109. The van der Waals surface area contributed by atoms with E-state index in [-0.39, 0.29) is 12.4 Å². The molecule has 26 heavy (non-hydrogen) atoms. The molecular formula is C20H18FN3O2. The van der Waals surface area contributed by atoms with Crippen LogP contribution in [0.3, 0.4) is 0 Å². The van der Waals surface area contributed by atoms with Gasteiger partial charge in [-0.3, -0.25) is 4.98 Å². The van der Waals surface area contributed by atoms with E-state index in [1.165, 1.54) is 12.1 Å². The van der Waals surface area contributed by atoms with E-state index >= 15 is 0 Å². The third-order valence-corrected chi connectivity index (χ3v) is 4.52. The highest BCUT2D eigenvalue weighted by molar-refractivity contribution is 5.89. The van der Waals surface area contributed by atoms with Gasteiger partial charge >= 0.3 is 5.97 Å². The third-order valence-electron chi connectivity index (χ3n) is 4.52. The molecule has 0 radical (unpaired) electrons. The number of carbonyl (C=O) groups is 1. The summed E-state index contributed by atoms with van der Waals surface area (Å²) in [5, 5.41) is 4.50. The molecule has 0 fully saturated rings. The number of fused-ring (bicyclic) bond motifs is 1. The van der Waals surface area contributed by atoms with Gasteiger partial charge in [-0.2, -0.15) is 5.10 Å². The Morgan fingerprint density at radius 1 is 1.12 bits per heavy atom. The Labute approximate surface area is 150 Å².